The second-order valence-corrected chi connectivity index (χ2v) is 3.08. The summed E-state index contributed by atoms with van der Waals surface area (Å²) in [5, 5.41) is 0. The minimum atomic E-state index is -0.180. The van der Waals surface area contributed by atoms with Crippen LogP contribution in [0.5, 0.6) is 0 Å². The maximum absolute atomic E-state index is 9.82. The summed E-state index contributed by atoms with van der Waals surface area (Å²) in [7, 11) is -0.180. The first-order chi connectivity index (χ1) is 5.41. The molecule has 68 valence electrons. The molecule has 0 saturated carbocycles. The maximum Gasteiger partial charge on any atom is 1.00 e. The van der Waals surface area contributed by atoms with Crippen LogP contribution in [-0.4, -0.2) is 6.61 Å². The molecule has 0 aliphatic rings. The van der Waals surface area contributed by atoms with Crippen molar-refractivity contribution < 1.29 is 40.1 Å². The Bertz CT molecular complexity index is 96.2. The quantitative estimate of drug-likeness (QED) is 0.327. The average molecular weight is 200 g/mol. The molecule has 0 spiro atoms. The van der Waals surface area contributed by atoms with Crippen molar-refractivity contribution in [1.29, 1.82) is 0 Å². The van der Waals surface area contributed by atoms with Crippen molar-refractivity contribution in [2.75, 3.05) is 6.61 Å². The first kappa shape index (κ1) is 15.5. The van der Waals surface area contributed by atoms with E-state index < -0.39 is 0 Å². The Morgan fingerprint density at radius 2 is 1.75 bits per heavy atom. The van der Waals surface area contributed by atoms with E-state index in [0.717, 1.165) is 6.42 Å². The van der Waals surface area contributed by atoms with Crippen molar-refractivity contribution in [2.24, 2.45) is 0 Å². The number of unbranched alkanes of at least 4 members (excludes halogenated alkanes) is 5. The van der Waals surface area contributed by atoms with Gasteiger partial charge in [-0.15, -0.1) is 0 Å². The summed E-state index contributed by atoms with van der Waals surface area (Å²) in [4.78, 5) is 0. The molecule has 0 amide bonds. The van der Waals surface area contributed by atoms with Gasteiger partial charge in [0.1, 0.15) is 0 Å². The van der Waals surface area contributed by atoms with Crippen molar-refractivity contribution in [2.45, 2.75) is 45.4 Å². The van der Waals surface area contributed by atoms with E-state index in [4.69, 9.17) is 0 Å². The van der Waals surface area contributed by atoms with E-state index in [2.05, 4.69) is 11.4 Å². The van der Waals surface area contributed by atoms with E-state index >= 15 is 0 Å². The van der Waals surface area contributed by atoms with Gasteiger partial charge in [0.25, 0.3) is 0 Å². The first-order valence-electron chi connectivity index (χ1n) is 4.36. The third-order valence-corrected chi connectivity index (χ3v) is 1.93. The largest absolute Gasteiger partial charge is 1.00 e. The van der Waals surface area contributed by atoms with Gasteiger partial charge in [-0.25, -0.2) is 4.57 Å². The van der Waals surface area contributed by atoms with Crippen molar-refractivity contribution in [1.82, 2.24) is 0 Å². The van der Waals surface area contributed by atoms with Crippen LogP contribution in [0, 0.1) is 0 Å². The van der Waals surface area contributed by atoms with Crippen LogP contribution in [0.2, 0.25) is 0 Å². The van der Waals surface area contributed by atoms with Crippen LogP contribution in [0.4, 0.5) is 0 Å². The molecule has 4 heteroatoms. The Kier molecular flexibility index (Phi) is 18.9. The fourth-order valence-electron chi connectivity index (χ4n) is 0.984. The minimum Gasteiger partial charge on any atom is -1.00 e. The van der Waals surface area contributed by atoms with E-state index in [1.807, 2.05) is 0 Å². The Labute approximate surface area is 101 Å². The molecular formula is C8H18NaO2P. The van der Waals surface area contributed by atoms with Crippen LogP contribution in [0.15, 0.2) is 0 Å². The Morgan fingerprint density at radius 3 is 2.33 bits per heavy atom. The molecule has 0 aliphatic carbocycles. The predicted octanol–water partition coefficient (Wildman–Crippen LogP) is 0.687. The van der Waals surface area contributed by atoms with Crippen molar-refractivity contribution in [3.8, 4) is 0 Å². The molecule has 2 nitrogen and oxygen atoms in total. The monoisotopic (exact) mass is 200 g/mol. The zero-order valence-corrected chi connectivity index (χ0v) is 11.1. The molecule has 0 rings (SSSR count). The van der Waals surface area contributed by atoms with Crippen LogP contribution < -0.4 is 29.6 Å². The van der Waals surface area contributed by atoms with Crippen LogP contribution in [0.1, 0.15) is 46.9 Å². The van der Waals surface area contributed by atoms with Gasteiger partial charge in [0.15, 0.2) is 0 Å². The van der Waals surface area contributed by atoms with Gasteiger partial charge in [0, 0.05) is 0 Å². The topological polar surface area (TPSA) is 26.3 Å². The molecule has 0 N–H and O–H groups in total. The van der Waals surface area contributed by atoms with Gasteiger partial charge in [0.2, 0.25) is 0 Å². The molecule has 0 aromatic heterocycles. The first-order valence-corrected chi connectivity index (χ1v) is 5.09. The number of rotatable bonds is 8. The van der Waals surface area contributed by atoms with E-state index in [9.17, 15) is 4.57 Å². The summed E-state index contributed by atoms with van der Waals surface area (Å²) in [6, 6.07) is 0. The van der Waals surface area contributed by atoms with Crippen molar-refractivity contribution in [3.63, 3.8) is 0 Å². The molecule has 0 bridgehead atoms. The summed E-state index contributed by atoms with van der Waals surface area (Å²) in [6.45, 7) is 2.84. The Hall–Kier alpha value is 1.06. The molecule has 0 fully saturated rings. The summed E-state index contributed by atoms with van der Waals surface area (Å²) in [5.41, 5.74) is 0. The SMILES string of the molecule is CCCCCCCCOP=O.[H-].[Na+]. The van der Waals surface area contributed by atoms with E-state index in [-0.39, 0.29) is 39.7 Å². The molecule has 0 saturated heterocycles. The second kappa shape index (κ2) is 14.6. The summed E-state index contributed by atoms with van der Waals surface area (Å²) < 4.78 is 14.5. The van der Waals surface area contributed by atoms with Gasteiger partial charge < -0.3 is 1.43 Å². The van der Waals surface area contributed by atoms with Crippen molar-refractivity contribution in [3.05, 3.63) is 0 Å². The van der Waals surface area contributed by atoms with Crippen LogP contribution in [-0.2, 0) is 9.09 Å². The van der Waals surface area contributed by atoms with E-state index in [1.165, 1.54) is 32.1 Å². The fourth-order valence-corrected chi connectivity index (χ4v) is 1.19. The molecule has 0 atom stereocenters. The third-order valence-electron chi connectivity index (χ3n) is 1.64. The molecular weight excluding hydrogens is 182 g/mol. The molecule has 12 heavy (non-hydrogen) atoms. The Balaban J connectivity index is -0.000000500. The molecule has 0 aliphatic heterocycles. The predicted molar refractivity (Wildman–Crippen MR) is 48.0 cm³/mol. The van der Waals surface area contributed by atoms with Gasteiger partial charge in [-0.1, -0.05) is 39.0 Å². The van der Waals surface area contributed by atoms with E-state index in [1.54, 1.807) is 0 Å². The zero-order chi connectivity index (χ0) is 8.36. The number of hydrogen-bond donors (Lipinski definition) is 0. The summed E-state index contributed by atoms with van der Waals surface area (Å²) >= 11 is 0. The van der Waals surface area contributed by atoms with Crippen LogP contribution in [0.3, 0.4) is 0 Å². The fraction of sp³-hybridized carbons (Fsp3) is 1.00. The normalized spacial score (nSPS) is 9.75. The standard InChI is InChI=1S/C8H17O2P.Na.H/c1-2-3-4-5-6-7-8-10-11-9;;/h2-8H2,1H3;;/q;+1;-1. The van der Waals surface area contributed by atoms with E-state index in [0.29, 0.717) is 6.61 Å². The van der Waals surface area contributed by atoms with Crippen molar-refractivity contribution >= 4 is 8.69 Å². The van der Waals surface area contributed by atoms with Crippen LogP contribution in [0.25, 0.3) is 0 Å². The maximum atomic E-state index is 9.82. The zero-order valence-electron chi connectivity index (χ0n) is 9.21. The van der Waals surface area contributed by atoms with Gasteiger partial charge in [-0.3, -0.25) is 4.52 Å². The van der Waals surface area contributed by atoms with Crippen LogP contribution >= 0.6 is 8.69 Å². The summed E-state index contributed by atoms with van der Waals surface area (Å²) in [6.07, 6.45) is 7.48. The van der Waals surface area contributed by atoms with Gasteiger partial charge in [0.05, 0.1) is 6.61 Å². The second-order valence-electron chi connectivity index (χ2n) is 2.68. The minimum absolute atomic E-state index is 0. The molecule has 0 aromatic carbocycles. The molecule has 0 heterocycles. The smallest absolute Gasteiger partial charge is 1.00 e. The van der Waals surface area contributed by atoms with Gasteiger partial charge in [-0.05, 0) is 6.42 Å². The molecule has 0 radical (unpaired) electrons. The average Bonchev–Trinajstić information content (AvgIpc) is 2.03. The molecule has 0 aromatic rings. The van der Waals surface area contributed by atoms with Gasteiger partial charge >= 0.3 is 38.2 Å². The summed E-state index contributed by atoms with van der Waals surface area (Å²) in [5.74, 6) is 0. The third kappa shape index (κ3) is 13.6. The molecule has 0 unspecified atom stereocenters. The number of hydrogen-bond acceptors (Lipinski definition) is 2. The Morgan fingerprint density at radius 1 is 1.17 bits per heavy atom. The van der Waals surface area contributed by atoms with Gasteiger partial charge in [-0.2, -0.15) is 0 Å².